The highest BCUT2D eigenvalue weighted by atomic mass is 32.1. The van der Waals surface area contributed by atoms with Crippen molar-refractivity contribution in [1.29, 1.82) is 0 Å². The maximum Gasteiger partial charge on any atom is 0.123 e. The molecule has 0 radical (unpaired) electrons. The minimum Gasteiger partial charge on any atom is -0.296 e. The standard InChI is InChI=1S/C18H22N4S/c1-13-17(14(2)22(4)20-13)11-21(3)10-16-12-23-18(19-16)15-8-6-5-7-9-15/h5-9,12H,10-11H2,1-4H3. The number of aromatic nitrogens is 3. The number of hydrogen-bond acceptors (Lipinski definition) is 4. The second-order valence-electron chi connectivity index (χ2n) is 5.96. The third-order valence-corrected chi connectivity index (χ3v) is 5.03. The molecule has 3 rings (SSSR count). The number of aryl methyl sites for hydroxylation is 2. The summed E-state index contributed by atoms with van der Waals surface area (Å²) in [5.41, 5.74) is 5.96. The lowest BCUT2D eigenvalue weighted by molar-refractivity contribution is 0.314. The van der Waals surface area contributed by atoms with E-state index in [1.54, 1.807) is 11.3 Å². The van der Waals surface area contributed by atoms with Gasteiger partial charge in [0.1, 0.15) is 5.01 Å². The van der Waals surface area contributed by atoms with Crippen molar-refractivity contribution in [2.75, 3.05) is 7.05 Å². The lowest BCUT2D eigenvalue weighted by atomic mass is 10.2. The predicted molar refractivity (Wildman–Crippen MR) is 95.4 cm³/mol. The number of hydrogen-bond donors (Lipinski definition) is 0. The van der Waals surface area contributed by atoms with Gasteiger partial charge in [0, 0.05) is 42.3 Å². The van der Waals surface area contributed by atoms with Gasteiger partial charge in [-0.05, 0) is 20.9 Å². The molecule has 0 amide bonds. The molecule has 0 fully saturated rings. The van der Waals surface area contributed by atoms with Crippen LogP contribution in [0.3, 0.4) is 0 Å². The molecule has 0 aliphatic heterocycles. The van der Waals surface area contributed by atoms with Gasteiger partial charge in [-0.15, -0.1) is 11.3 Å². The lowest BCUT2D eigenvalue weighted by Gasteiger charge is -2.15. The Bertz CT molecular complexity index is 789. The monoisotopic (exact) mass is 326 g/mol. The molecular formula is C18H22N4S. The molecule has 4 nitrogen and oxygen atoms in total. The molecular weight excluding hydrogens is 304 g/mol. The fourth-order valence-corrected chi connectivity index (χ4v) is 3.56. The summed E-state index contributed by atoms with van der Waals surface area (Å²) in [5, 5.41) is 7.73. The summed E-state index contributed by atoms with van der Waals surface area (Å²) in [6.45, 7) is 5.94. The highest BCUT2D eigenvalue weighted by molar-refractivity contribution is 7.13. The zero-order valence-corrected chi connectivity index (χ0v) is 14.9. The molecule has 0 saturated heterocycles. The molecule has 0 aliphatic carbocycles. The van der Waals surface area contributed by atoms with Crippen LogP contribution in [0.4, 0.5) is 0 Å². The van der Waals surface area contributed by atoms with Gasteiger partial charge in [-0.25, -0.2) is 4.98 Å². The van der Waals surface area contributed by atoms with Crippen molar-refractivity contribution in [3.05, 3.63) is 58.4 Å². The molecule has 5 heteroatoms. The summed E-state index contributed by atoms with van der Waals surface area (Å²) in [6, 6.07) is 10.3. The maximum atomic E-state index is 4.77. The number of thiazole rings is 1. The smallest absolute Gasteiger partial charge is 0.123 e. The van der Waals surface area contributed by atoms with Crippen LogP contribution >= 0.6 is 11.3 Å². The first-order valence-electron chi connectivity index (χ1n) is 7.72. The van der Waals surface area contributed by atoms with Crippen molar-refractivity contribution < 1.29 is 0 Å². The normalized spacial score (nSPS) is 11.3. The van der Waals surface area contributed by atoms with Crippen LogP contribution in [0, 0.1) is 13.8 Å². The van der Waals surface area contributed by atoms with E-state index in [0.717, 1.165) is 29.5 Å². The number of nitrogens with zero attached hydrogens (tertiary/aromatic N) is 4. The average molecular weight is 326 g/mol. The molecule has 0 unspecified atom stereocenters. The fraction of sp³-hybridized carbons (Fsp3) is 0.333. The minimum absolute atomic E-state index is 0.844. The van der Waals surface area contributed by atoms with Crippen LogP contribution < -0.4 is 0 Å². The van der Waals surface area contributed by atoms with E-state index in [1.807, 2.05) is 17.8 Å². The minimum atomic E-state index is 0.844. The Hall–Kier alpha value is -1.98. The van der Waals surface area contributed by atoms with Gasteiger partial charge in [-0.3, -0.25) is 9.58 Å². The summed E-state index contributed by atoms with van der Waals surface area (Å²) < 4.78 is 1.95. The van der Waals surface area contributed by atoms with E-state index < -0.39 is 0 Å². The molecule has 2 aromatic heterocycles. The summed E-state index contributed by atoms with van der Waals surface area (Å²) in [6.07, 6.45) is 0. The first-order chi connectivity index (χ1) is 11.0. The molecule has 0 bridgehead atoms. The largest absolute Gasteiger partial charge is 0.296 e. The van der Waals surface area contributed by atoms with Crippen molar-refractivity contribution >= 4 is 11.3 Å². The highest BCUT2D eigenvalue weighted by Gasteiger charge is 2.13. The Labute approximate surface area is 141 Å². The van der Waals surface area contributed by atoms with Gasteiger partial charge >= 0.3 is 0 Å². The van der Waals surface area contributed by atoms with Crippen LogP contribution in [0.5, 0.6) is 0 Å². The first-order valence-corrected chi connectivity index (χ1v) is 8.60. The van der Waals surface area contributed by atoms with E-state index in [1.165, 1.54) is 16.8 Å². The molecule has 1 aromatic carbocycles. The zero-order chi connectivity index (χ0) is 16.4. The Morgan fingerprint density at radius 2 is 1.87 bits per heavy atom. The molecule has 0 saturated carbocycles. The molecule has 0 aliphatic rings. The van der Waals surface area contributed by atoms with E-state index in [4.69, 9.17) is 4.98 Å². The third kappa shape index (κ3) is 3.51. The van der Waals surface area contributed by atoms with E-state index in [9.17, 15) is 0 Å². The van der Waals surface area contributed by atoms with Gasteiger partial charge in [-0.1, -0.05) is 30.3 Å². The van der Waals surface area contributed by atoms with Crippen molar-refractivity contribution in [3.8, 4) is 10.6 Å². The maximum absolute atomic E-state index is 4.77. The summed E-state index contributed by atoms with van der Waals surface area (Å²) in [4.78, 5) is 7.06. The van der Waals surface area contributed by atoms with Crippen molar-refractivity contribution in [1.82, 2.24) is 19.7 Å². The van der Waals surface area contributed by atoms with E-state index in [2.05, 4.69) is 60.5 Å². The van der Waals surface area contributed by atoms with Crippen LogP contribution in [-0.4, -0.2) is 26.7 Å². The van der Waals surface area contributed by atoms with Crippen molar-refractivity contribution in [2.24, 2.45) is 7.05 Å². The van der Waals surface area contributed by atoms with Crippen LogP contribution in [0.15, 0.2) is 35.7 Å². The molecule has 2 heterocycles. The second kappa shape index (κ2) is 6.64. The quantitative estimate of drug-likeness (QED) is 0.715. The zero-order valence-electron chi connectivity index (χ0n) is 14.1. The average Bonchev–Trinajstić information content (AvgIpc) is 3.09. The highest BCUT2D eigenvalue weighted by Crippen LogP contribution is 2.24. The molecule has 120 valence electrons. The van der Waals surface area contributed by atoms with Crippen LogP contribution in [0.25, 0.3) is 10.6 Å². The van der Waals surface area contributed by atoms with Gasteiger partial charge in [0.25, 0.3) is 0 Å². The molecule has 3 aromatic rings. The first kappa shape index (κ1) is 15.9. The lowest BCUT2D eigenvalue weighted by Crippen LogP contribution is -2.18. The van der Waals surface area contributed by atoms with Crippen molar-refractivity contribution in [2.45, 2.75) is 26.9 Å². The van der Waals surface area contributed by atoms with Gasteiger partial charge in [0.05, 0.1) is 11.4 Å². The SMILES string of the molecule is Cc1nn(C)c(C)c1CN(C)Cc1csc(-c2ccccc2)n1. The van der Waals surface area contributed by atoms with Gasteiger partial charge < -0.3 is 0 Å². The summed E-state index contributed by atoms with van der Waals surface area (Å²) in [7, 11) is 4.13. The summed E-state index contributed by atoms with van der Waals surface area (Å²) in [5.74, 6) is 0. The van der Waals surface area contributed by atoms with Gasteiger partial charge in [-0.2, -0.15) is 5.10 Å². The van der Waals surface area contributed by atoms with E-state index in [0.29, 0.717) is 0 Å². The van der Waals surface area contributed by atoms with Crippen LogP contribution in [0.1, 0.15) is 22.6 Å². The topological polar surface area (TPSA) is 34.0 Å². The van der Waals surface area contributed by atoms with Crippen LogP contribution in [-0.2, 0) is 20.1 Å². The molecule has 0 atom stereocenters. The Morgan fingerprint density at radius 3 is 2.52 bits per heavy atom. The Balaban J connectivity index is 1.69. The fourth-order valence-electron chi connectivity index (χ4n) is 2.74. The number of benzene rings is 1. The number of rotatable bonds is 5. The van der Waals surface area contributed by atoms with Gasteiger partial charge in [0.15, 0.2) is 0 Å². The second-order valence-corrected chi connectivity index (χ2v) is 6.81. The summed E-state index contributed by atoms with van der Waals surface area (Å²) >= 11 is 1.71. The van der Waals surface area contributed by atoms with Crippen LogP contribution in [0.2, 0.25) is 0 Å². The molecule has 23 heavy (non-hydrogen) atoms. The van der Waals surface area contributed by atoms with Gasteiger partial charge in [0.2, 0.25) is 0 Å². The Kier molecular flexibility index (Phi) is 4.59. The Morgan fingerprint density at radius 1 is 1.13 bits per heavy atom. The molecule has 0 N–H and O–H groups in total. The predicted octanol–water partition coefficient (Wildman–Crippen LogP) is 3.79. The van der Waals surface area contributed by atoms with Crippen molar-refractivity contribution in [3.63, 3.8) is 0 Å². The van der Waals surface area contributed by atoms with E-state index >= 15 is 0 Å². The van der Waals surface area contributed by atoms with E-state index in [-0.39, 0.29) is 0 Å². The third-order valence-electron chi connectivity index (χ3n) is 4.09. The molecule has 0 spiro atoms.